The lowest BCUT2D eigenvalue weighted by atomic mass is 9.97. The minimum absolute atomic E-state index is 0.0632. The van der Waals surface area contributed by atoms with E-state index < -0.39 is 0 Å². The van der Waals surface area contributed by atoms with Gasteiger partial charge in [-0.3, -0.25) is 4.90 Å². The Morgan fingerprint density at radius 3 is 2.88 bits per heavy atom. The van der Waals surface area contributed by atoms with E-state index in [-0.39, 0.29) is 6.10 Å². The third-order valence-corrected chi connectivity index (χ3v) is 5.64. The van der Waals surface area contributed by atoms with E-state index in [1.807, 2.05) is 12.4 Å². The van der Waals surface area contributed by atoms with Crippen molar-refractivity contribution in [3.05, 3.63) is 54.1 Å². The first kappa shape index (κ1) is 17.7. The number of hydrogen-bond acceptors (Lipinski definition) is 4. The normalized spacial score (nSPS) is 27.5. The van der Waals surface area contributed by atoms with Crippen LogP contribution in [-0.4, -0.2) is 46.2 Å². The number of likely N-dealkylation sites (tertiary alicyclic amines) is 1. The number of ether oxygens (including phenoxy) is 1. The molecule has 2 fully saturated rings. The van der Waals surface area contributed by atoms with Crippen LogP contribution in [-0.2, 0) is 18.3 Å². The Morgan fingerprint density at radius 1 is 1.19 bits per heavy atom. The number of piperidine rings is 1. The average Bonchev–Trinajstić information content (AvgIpc) is 3.09. The molecule has 2 aliphatic heterocycles. The summed E-state index contributed by atoms with van der Waals surface area (Å²) in [5.74, 6) is 1.04. The van der Waals surface area contributed by atoms with Gasteiger partial charge in [0, 0.05) is 51.2 Å². The molecule has 3 atom stereocenters. The molecule has 0 unspecified atom stereocenters. The molecule has 2 aromatic rings. The molecule has 5 nitrogen and oxygen atoms in total. The van der Waals surface area contributed by atoms with Gasteiger partial charge in [0.05, 0.1) is 0 Å². The smallest absolute Gasteiger partial charge is 0.139 e. The molecule has 3 heterocycles. The van der Waals surface area contributed by atoms with Crippen LogP contribution in [0.1, 0.15) is 43.2 Å². The predicted molar refractivity (Wildman–Crippen MR) is 103 cm³/mol. The number of rotatable bonds is 5. The second-order valence-electron chi connectivity index (χ2n) is 7.66. The van der Waals surface area contributed by atoms with E-state index in [1.54, 1.807) is 0 Å². The Kier molecular flexibility index (Phi) is 5.68. The van der Waals surface area contributed by atoms with Gasteiger partial charge in [0.1, 0.15) is 11.9 Å². The molecule has 0 aliphatic carbocycles. The van der Waals surface area contributed by atoms with Crippen molar-refractivity contribution in [1.29, 1.82) is 0 Å². The first-order valence-corrected chi connectivity index (χ1v) is 9.91. The van der Waals surface area contributed by atoms with Crippen LogP contribution in [0.25, 0.3) is 0 Å². The highest BCUT2D eigenvalue weighted by Crippen LogP contribution is 2.28. The van der Waals surface area contributed by atoms with Gasteiger partial charge < -0.3 is 14.6 Å². The van der Waals surface area contributed by atoms with Gasteiger partial charge in [-0.1, -0.05) is 30.3 Å². The summed E-state index contributed by atoms with van der Waals surface area (Å²) in [6.45, 7) is 4.18. The number of hydrogen-bond donors (Lipinski definition) is 1. The molecule has 0 spiro atoms. The van der Waals surface area contributed by atoms with Gasteiger partial charge in [0.2, 0.25) is 0 Å². The van der Waals surface area contributed by atoms with Gasteiger partial charge >= 0.3 is 0 Å². The maximum atomic E-state index is 6.12. The number of aromatic nitrogens is 2. The minimum atomic E-state index is 0.0632. The van der Waals surface area contributed by atoms with Crippen LogP contribution < -0.4 is 5.32 Å². The molecule has 4 rings (SSSR count). The lowest BCUT2D eigenvalue weighted by Crippen LogP contribution is -2.51. The van der Waals surface area contributed by atoms with Crippen molar-refractivity contribution in [3.63, 3.8) is 0 Å². The molecule has 0 amide bonds. The van der Waals surface area contributed by atoms with E-state index >= 15 is 0 Å². The van der Waals surface area contributed by atoms with Gasteiger partial charge in [0.15, 0.2) is 0 Å². The molecule has 1 aromatic heterocycles. The van der Waals surface area contributed by atoms with Crippen molar-refractivity contribution in [2.45, 2.75) is 50.4 Å². The first-order valence-electron chi connectivity index (χ1n) is 9.91. The molecule has 2 aliphatic rings. The zero-order chi connectivity index (χ0) is 17.8. The fourth-order valence-electron chi connectivity index (χ4n) is 4.34. The Bertz CT molecular complexity index is 686. The van der Waals surface area contributed by atoms with Gasteiger partial charge in [-0.05, 0) is 37.8 Å². The quantitative estimate of drug-likeness (QED) is 0.897. The molecule has 5 heteroatoms. The zero-order valence-corrected chi connectivity index (χ0v) is 15.7. The maximum absolute atomic E-state index is 6.12. The topological polar surface area (TPSA) is 42.3 Å². The SMILES string of the molecule is Cn1ccnc1[C@H]1OCCC[C@@H]1N[C@@H]1CCCN(Cc2ccccc2)C1. The summed E-state index contributed by atoms with van der Waals surface area (Å²) < 4.78 is 8.21. The molecular formula is C21H30N4O. The van der Waals surface area contributed by atoms with Gasteiger partial charge in [-0.25, -0.2) is 4.98 Å². The second-order valence-corrected chi connectivity index (χ2v) is 7.66. The van der Waals surface area contributed by atoms with Crippen molar-refractivity contribution in [1.82, 2.24) is 19.8 Å². The van der Waals surface area contributed by atoms with Crippen LogP contribution in [0, 0.1) is 0 Å². The molecule has 2 saturated heterocycles. The lowest BCUT2D eigenvalue weighted by Gasteiger charge is -2.39. The third-order valence-electron chi connectivity index (χ3n) is 5.64. The summed E-state index contributed by atoms with van der Waals surface area (Å²) in [7, 11) is 2.06. The molecule has 1 aromatic carbocycles. The van der Waals surface area contributed by atoms with Crippen LogP contribution in [0.3, 0.4) is 0 Å². The fourth-order valence-corrected chi connectivity index (χ4v) is 4.34. The monoisotopic (exact) mass is 354 g/mol. The van der Waals surface area contributed by atoms with Crippen molar-refractivity contribution in [3.8, 4) is 0 Å². The highest BCUT2D eigenvalue weighted by Gasteiger charge is 2.32. The fraction of sp³-hybridized carbons (Fsp3) is 0.571. The van der Waals surface area contributed by atoms with E-state index in [1.165, 1.54) is 24.9 Å². The molecule has 1 N–H and O–H groups in total. The van der Waals surface area contributed by atoms with Crippen LogP contribution in [0.5, 0.6) is 0 Å². The average molecular weight is 354 g/mol. The summed E-state index contributed by atoms with van der Waals surface area (Å²) in [5.41, 5.74) is 1.40. The summed E-state index contributed by atoms with van der Waals surface area (Å²) in [6.07, 6.45) is 8.72. The van der Waals surface area contributed by atoms with E-state index in [0.29, 0.717) is 12.1 Å². The summed E-state index contributed by atoms with van der Waals surface area (Å²) in [4.78, 5) is 7.12. The molecule has 26 heavy (non-hydrogen) atoms. The first-order chi connectivity index (χ1) is 12.8. The van der Waals surface area contributed by atoms with Crippen LogP contribution >= 0.6 is 0 Å². The van der Waals surface area contributed by atoms with E-state index in [9.17, 15) is 0 Å². The lowest BCUT2D eigenvalue weighted by molar-refractivity contribution is -0.0232. The Balaban J connectivity index is 1.38. The third kappa shape index (κ3) is 4.17. The molecule has 140 valence electrons. The highest BCUT2D eigenvalue weighted by molar-refractivity contribution is 5.14. The van der Waals surface area contributed by atoms with E-state index in [4.69, 9.17) is 4.74 Å². The second kappa shape index (κ2) is 8.33. The molecular weight excluding hydrogens is 324 g/mol. The van der Waals surface area contributed by atoms with Crippen molar-refractivity contribution >= 4 is 0 Å². The minimum Gasteiger partial charge on any atom is -0.369 e. The van der Waals surface area contributed by atoms with Gasteiger partial charge in [-0.2, -0.15) is 0 Å². The van der Waals surface area contributed by atoms with Crippen LogP contribution in [0.2, 0.25) is 0 Å². The van der Waals surface area contributed by atoms with Crippen LogP contribution in [0.15, 0.2) is 42.7 Å². The number of nitrogens with one attached hydrogen (secondary N) is 1. The Labute approximate surface area is 156 Å². The summed E-state index contributed by atoms with van der Waals surface area (Å²) in [6, 6.07) is 11.7. The highest BCUT2D eigenvalue weighted by atomic mass is 16.5. The van der Waals surface area contributed by atoms with Crippen LogP contribution in [0.4, 0.5) is 0 Å². The number of benzene rings is 1. The molecule has 0 bridgehead atoms. The van der Waals surface area contributed by atoms with Gasteiger partial charge in [-0.15, -0.1) is 0 Å². The van der Waals surface area contributed by atoms with E-state index in [0.717, 1.165) is 38.4 Å². The number of imidazole rings is 1. The maximum Gasteiger partial charge on any atom is 0.139 e. The van der Waals surface area contributed by atoms with Crippen molar-refractivity contribution in [2.75, 3.05) is 19.7 Å². The summed E-state index contributed by atoms with van der Waals surface area (Å²) in [5, 5.41) is 3.92. The Morgan fingerprint density at radius 2 is 2.08 bits per heavy atom. The van der Waals surface area contributed by atoms with Crippen molar-refractivity contribution in [2.24, 2.45) is 7.05 Å². The number of nitrogens with zero attached hydrogens (tertiary/aromatic N) is 3. The van der Waals surface area contributed by atoms with E-state index in [2.05, 4.69) is 57.1 Å². The summed E-state index contributed by atoms with van der Waals surface area (Å²) >= 11 is 0. The Hall–Kier alpha value is -1.69. The standard InChI is InChI=1S/C21H30N4O/c1-24-13-11-22-21(24)20-19(10-6-14-26-20)23-18-9-5-12-25(16-18)15-17-7-3-2-4-8-17/h2-4,7-8,11,13,18-20,23H,5-6,9-10,12,14-16H2,1H3/t18-,19+,20+/m1/s1. The predicted octanol–water partition coefficient (Wildman–Crippen LogP) is 2.89. The largest absolute Gasteiger partial charge is 0.369 e. The zero-order valence-electron chi connectivity index (χ0n) is 15.7. The van der Waals surface area contributed by atoms with Gasteiger partial charge in [0.25, 0.3) is 0 Å². The number of aryl methyl sites for hydroxylation is 1. The molecule has 0 saturated carbocycles. The molecule has 0 radical (unpaired) electrons. The van der Waals surface area contributed by atoms with Crippen molar-refractivity contribution < 1.29 is 4.74 Å².